The van der Waals surface area contributed by atoms with E-state index in [0.717, 1.165) is 0 Å². The highest BCUT2D eigenvalue weighted by Crippen LogP contribution is 2.23. The maximum atomic E-state index is 12.1. The van der Waals surface area contributed by atoms with E-state index in [2.05, 4.69) is 10.3 Å². The number of oxazole rings is 1. The minimum atomic E-state index is -1.04. The minimum Gasteiger partial charge on any atom is -0.479 e. The molecule has 2 aromatic rings. The Morgan fingerprint density at radius 3 is 2.82 bits per heavy atom. The molecular weight excluding hydrogens is 288 g/mol. The lowest BCUT2D eigenvalue weighted by Crippen LogP contribution is -2.29. The van der Waals surface area contributed by atoms with Gasteiger partial charge in [-0.25, -0.2) is 9.78 Å². The predicted molar refractivity (Wildman–Crippen MR) is 77.5 cm³/mol. The molecule has 0 spiro atoms. The Hall–Kier alpha value is -2.41. The normalized spacial score (nSPS) is 21.1. The number of amides is 1. The van der Waals surface area contributed by atoms with Gasteiger partial charge in [0.25, 0.3) is 5.91 Å². The number of hydrogen-bond donors (Lipinski definition) is 2. The van der Waals surface area contributed by atoms with Gasteiger partial charge >= 0.3 is 5.97 Å². The fourth-order valence-electron chi connectivity index (χ4n) is 2.44. The molecule has 0 bridgehead atoms. The molecule has 7 heteroatoms. The van der Waals surface area contributed by atoms with Crippen LogP contribution in [0.1, 0.15) is 25.7 Å². The number of hydrogen-bond acceptors (Lipinski definition) is 5. The SMILES string of the molecule is CCc1nc2cc(NC(=O)[C@@H]3CC[C@H](C(=O)O)O3)ccc2o1. The molecule has 1 aromatic carbocycles. The third-order valence-electron chi connectivity index (χ3n) is 3.59. The summed E-state index contributed by atoms with van der Waals surface area (Å²) in [5.41, 5.74) is 1.92. The predicted octanol–water partition coefficient (Wildman–Crippen LogP) is 1.96. The molecule has 1 aromatic heterocycles. The zero-order valence-electron chi connectivity index (χ0n) is 12.0. The van der Waals surface area contributed by atoms with Crippen LogP contribution in [0.25, 0.3) is 11.1 Å². The van der Waals surface area contributed by atoms with Crippen molar-refractivity contribution in [3.05, 3.63) is 24.1 Å². The number of anilines is 1. The second-order valence-corrected chi connectivity index (χ2v) is 5.16. The molecule has 0 saturated carbocycles. The van der Waals surface area contributed by atoms with Gasteiger partial charge in [-0.2, -0.15) is 0 Å². The first kappa shape index (κ1) is 14.5. The highest BCUT2D eigenvalue weighted by atomic mass is 16.5. The summed E-state index contributed by atoms with van der Waals surface area (Å²) >= 11 is 0. The number of carbonyl (C=O) groups excluding carboxylic acids is 1. The second kappa shape index (κ2) is 5.76. The van der Waals surface area contributed by atoms with E-state index in [1.165, 1.54) is 0 Å². The fourth-order valence-corrected chi connectivity index (χ4v) is 2.44. The molecule has 3 rings (SSSR count). The van der Waals surface area contributed by atoms with Gasteiger partial charge in [-0.15, -0.1) is 0 Å². The van der Waals surface area contributed by atoms with Crippen molar-refractivity contribution in [1.82, 2.24) is 4.98 Å². The Labute approximate surface area is 126 Å². The van der Waals surface area contributed by atoms with E-state index in [0.29, 0.717) is 41.9 Å². The number of nitrogens with one attached hydrogen (secondary N) is 1. The van der Waals surface area contributed by atoms with Crippen molar-refractivity contribution in [2.45, 2.75) is 38.4 Å². The summed E-state index contributed by atoms with van der Waals surface area (Å²) in [6, 6.07) is 5.18. The molecule has 0 unspecified atom stereocenters. The van der Waals surface area contributed by atoms with E-state index < -0.39 is 18.2 Å². The van der Waals surface area contributed by atoms with Crippen LogP contribution >= 0.6 is 0 Å². The number of aryl methyl sites for hydroxylation is 1. The maximum Gasteiger partial charge on any atom is 0.332 e. The van der Waals surface area contributed by atoms with Crippen LogP contribution in [0.15, 0.2) is 22.6 Å². The molecule has 1 saturated heterocycles. The van der Waals surface area contributed by atoms with Crippen molar-refractivity contribution < 1.29 is 23.8 Å². The van der Waals surface area contributed by atoms with Crippen LogP contribution in [-0.2, 0) is 20.7 Å². The van der Waals surface area contributed by atoms with Gasteiger partial charge in [-0.3, -0.25) is 4.79 Å². The average molecular weight is 304 g/mol. The van der Waals surface area contributed by atoms with Gasteiger partial charge < -0.3 is 19.6 Å². The second-order valence-electron chi connectivity index (χ2n) is 5.16. The van der Waals surface area contributed by atoms with E-state index in [1.54, 1.807) is 18.2 Å². The molecule has 1 aliphatic rings. The van der Waals surface area contributed by atoms with Gasteiger partial charge in [0.15, 0.2) is 17.6 Å². The minimum absolute atomic E-state index is 0.343. The Morgan fingerprint density at radius 1 is 1.36 bits per heavy atom. The first-order chi connectivity index (χ1) is 10.6. The first-order valence-corrected chi connectivity index (χ1v) is 7.15. The average Bonchev–Trinajstić information content (AvgIpc) is 3.13. The van der Waals surface area contributed by atoms with Crippen LogP contribution in [0, 0.1) is 0 Å². The van der Waals surface area contributed by atoms with Crippen molar-refractivity contribution in [2.75, 3.05) is 5.32 Å². The first-order valence-electron chi connectivity index (χ1n) is 7.15. The lowest BCUT2D eigenvalue weighted by Gasteiger charge is -2.11. The summed E-state index contributed by atoms with van der Waals surface area (Å²) in [6.07, 6.45) is -0.200. The molecule has 116 valence electrons. The molecule has 22 heavy (non-hydrogen) atoms. The molecule has 7 nitrogen and oxygen atoms in total. The Morgan fingerprint density at radius 2 is 2.14 bits per heavy atom. The van der Waals surface area contributed by atoms with E-state index in [9.17, 15) is 9.59 Å². The topological polar surface area (TPSA) is 102 Å². The summed E-state index contributed by atoms with van der Waals surface area (Å²) in [5, 5.41) is 11.6. The number of carboxylic acids is 1. The Kier molecular flexibility index (Phi) is 3.81. The van der Waals surface area contributed by atoms with E-state index in [-0.39, 0.29) is 5.91 Å². The molecular formula is C15H16N2O5. The summed E-state index contributed by atoms with van der Waals surface area (Å²) in [7, 11) is 0. The largest absolute Gasteiger partial charge is 0.479 e. The highest BCUT2D eigenvalue weighted by molar-refractivity contribution is 5.96. The third-order valence-corrected chi connectivity index (χ3v) is 3.59. The third kappa shape index (κ3) is 2.80. The zero-order valence-corrected chi connectivity index (χ0v) is 12.0. The number of aromatic nitrogens is 1. The Bertz CT molecular complexity index is 724. The van der Waals surface area contributed by atoms with Gasteiger partial charge in [0.2, 0.25) is 0 Å². The van der Waals surface area contributed by atoms with Crippen LogP contribution in [0.3, 0.4) is 0 Å². The molecule has 1 aliphatic heterocycles. The van der Waals surface area contributed by atoms with Crippen LogP contribution in [0.4, 0.5) is 5.69 Å². The number of fused-ring (bicyclic) bond motifs is 1. The molecule has 0 aliphatic carbocycles. The van der Waals surface area contributed by atoms with Gasteiger partial charge in [0.1, 0.15) is 11.6 Å². The van der Waals surface area contributed by atoms with Crippen molar-refractivity contribution in [1.29, 1.82) is 0 Å². The quantitative estimate of drug-likeness (QED) is 0.895. The number of carboxylic acid groups (broad SMARTS) is 1. The maximum absolute atomic E-state index is 12.1. The lowest BCUT2D eigenvalue weighted by molar-refractivity contribution is -0.150. The molecule has 2 N–H and O–H groups in total. The van der Waals surface area contributed by atoms with E-state index in [4.69, 9.17) is 14.3 Å². The number of aliphatic carboxylic acids is 1. The molecule has 1 amide bonds. The molecule has 2 atom stereocenters. The molecule has 2 heterocycles. The van der Waals surface area contributed by atoms with Crippen LogP contribution in [0.2, 0.25) is 0 Å². The number of ether oxygens (including phenoxy) is 1. The highest BCUT2D eigenvalue weighted by Gasteiger charge is 2.34. The Balaban J connectivity index is 1.70. The van der Waals surface area contributed by atoms with E-state index in [1.807, 2.05) is 6.92 Å². The number of nitrogens with zero attached hydrogens (tertiary/aromatic N) is 1. The van der Waals surface area contributed by atoms with Crippen LogP contribution in [-0.4, -0.2) is 34.2 Å². The summed E-state index contributed by atoms with van der Waals surface area (Å²) in [4.78, 5) is 27.2. The lowest BCUT2D eigenvalue weighted by atomic mass is 10.2. The van der Waals surface area contributed by atoms with E-state index >= 15 is 0 Å². The fraction of sp³-hybridized carbons (Fsp3) is 0.400. The molecule has 0 radical (unpaired) electrons. The molecule has 1 fully saturated rings. The zero-order chi connectivity index (χ0) is 15.7. The van der Waals surface area contributed by atoms with Crippen LogP contribution in [0.5, 0.6) is 0 Å². The summed E-state index contributed by atoms with van der Waals surface area (Å²) < 4.78 is 10.7. The van der Waals surface area contributed by atoms with Crippen molar-refractivity contribution in [3.63, 3.8) is 0 Å². The summed E-state index contributed by atoms with van der Waals surface area (Å²) in [5.74, 6) is -0.740. The monoisotopic (exact) mass is 304 g/mol. The smallest absolute Gasteiger partial charge is 0.332 e. The van der Waals surface area contributed by atoms with Crippen LogP contribution < -0.4 is 5.32 Å². The number of carbonyl (C=O) groups is 2. The standard InChI is InChI=1S/C15H16N2O5/c1-2-13-17-9-7-8(3-4-10(9)22-13)16-14(18)11-5-6-12(21-11)15(19)20/h3-4,7,11-12H,2,5-6H2,1H3,(H,16,18)(H,19,20)/t11-,12+/m0/s1. The van der Waals surface area contributed by atoms with Crippen molar-refractivity contribution in [3.8, 4) is 0 Å². The number of rotatable bonds is 4. The van der Waals surface area contributed by atoms with Crippen molar-refractivity contribution >= 4 is 28.7 Å². The van der Waals surface area contributed by atoms with Gasteiger partial charge in [-0.05, 0) is 31.0 Å². The van der Waals surface area contributed by atoms with Gasteiger partial charge in [0.05, 0.1) is 0 Å². The summed E-state index contributed by atoms with van der Waals surface area (Å²) in [6.45, 7) is 1.95. The number of benzene rings is 1. The van der Waals surface area contributed by atoms with Gasteiger partial charge in [-0.1, -0.05) is 6.92 Å². The van der Waals surface area contributed by atoms with Crippen molar-refractivity contribution in [2.24, 2.45) is 0 Å². The van der Waals surface area contributed by atoms with Gasteiger partial charge in [0, 0.05) is 12.1 Å².